The molecule has 5 aliphatic rings. The van der Waals surface area contributed by atoms with Crippen LogP contribution in [0.25, 0.3) is 0 Å². The number of hydrogen-bond acceptors (Lipinski definition) is 6. The maximum atomic E-state index is 14.0. The molecule has 6 unspecified atom stereocenters. The molecule has 4 fully saturated rings. The van der Waals surface area contributed by atoms with Crippen LogP contribution in [0.2, 0.25) is 0 Å². The van der Waals surface area contributed by atoms with Crippen LogP contribution in [0.5, 0.6) is 11.5 Å². The Morgan fingerprint density at radius 2 is 1.77 bits per heavy atom. The minimum atomic E-state index is -1.91. The summed E-state index contributed by atoms with van der Waals surface area (Å²) in [6.45, 7) is 0. The second-order valence-corrected chi connectivity index (χ2v) is 13.0. The summed E-state index contributed by atoms with van der Waals surface area (Å²) in [5.74, 6) is -4.16. The number of rotatable bonds is 4. The predicted octanol–water partition coefficient (Wildman–Crippen LogP) is 4.44. The first kappa shape index (κ1) is 27.1. The molecule has 0 radical (unpaired) electrons. The Labute approximate surface area is 244 Å². The third kappa shape index (κ3) is 3.54. The molecule has 2 saturated carbocycles. The number of allylic oxidation sites excluding steroid dienone is 2. The molecule has 39 heavy (non-hydrogen) atoms. The number of carbonyl (C=O) groups is 4. The lowest BCUT2D eigenvalue weighted by molar-refractivity contribution is -0.144. The van der Waals surface area contributed by atoms with Crippen molar-refractivity contribution >= 4 is 62.8 Å². The normalized spacial score (nSPS) is 36.6. The van der Waals surface area contributed by atoms with Gasteiger partial charge in [-0.3, -0.25) is 29.0 Å². The summed E-state index contributed by atoms with van der Waals surface area (Å²) in [4.78, 5) is 54.0. The summed E-state index contributed by atoms with van der Waals surface area (Å²) in [6.07, 6.45) is 6.83. The topological polar surface area (TPSA) is 104 Å². The molecule has 4 amide bonds. The van der Waals surface area contributed by atoms with Gasteiger partial charge in [-0.2, -0.15) is 0 Å². The molecule has 11 heteroatoms. The van der Waals surface area contributed by atoms with E-state index in [0.29, 0.717) is 17.6 Å². The van der Waals surface area contributed by atoms with Crippen molar-refractivity contribution in [3.05, 3.63) is 35.4 Å². The van der Waals surface area contributed by atoms with Crippen LogP contribution in [0.1, 0.15) is 56.4 Å². The lowest BCUT2D eigenvalue weighted by atomic mass is 9.56. The number of likely N-dealkylation sites (tertiary alicyclic amines) is 2. The van der Waals surface area contributed by atoms with Crippen molar-refractivity contribution in [2.45, 2.75) is 66.7 Å². The summed E-state index contributed by atoms with van der Waals surface area (Å²) in [5.41, 5.74) is 1.09. The average molecular weight is 640 g/mol. The number of aromatic hydroxyl groups is 1. The van der Waals surface area contributed by atoms with Gasteiger partial charge in [-0.25, -0.2) is 0 Å². The van der Waals surface area contributed by atoms with Gasteiger partial charge in [0.25, 0.3) is 11.8 Å². The third-order valence-electron chi connectivity index (χ3n) is 9.52. The lowest BCUT2D eigenvalue weighted by Crippen LogP contribution is -2.60. The summed E-state index contributed by atoms with van der Waals surface area (Å²) in [5, 5.41) is 10.1. The third-order valence-corrected chi connectivity index (χ3v) is 11.4. The van der Waals surface area contributed by atoms with Crippen molar-refractivity contribution in [2.24, 2.45) is 17.8 Å². The second kappa shape index (κ2) is 9.48. The molecule has 3 aliphatic carbocycles. The van der Waals surface area contributed by atoms with Crippen LogP contribution < -0.4 is 4.74 Å². The maximum Gasteiger partial charge on any atom is 0.254 e. The van der Waals surface area contributed by atoms with Crippen molar-refractivity contribution in [1.82, 2.24) is 9.80 Å². The van der Waals surface area contributed by atoms with Gasteiger partial charge in [0.1, 0.15) is 11.5 Å². The van der Waals surface area contributed by atoms with Gasteiger partial charge in [0.15, 0.2) is 9.75 Å². The van der Waals surface area contributed by atoms with Crippen molar-refractivity contribution in [3.8, 4) is 11.5 Å². The first-order chi connectivity index (χ1) is 18.6. The molecule has 6 atom stereocenters. The number of ether oxygens (including phenoxy) is 1. The Bertz CT molecular complexity index is 1310. The molecule has 0 spiro atoms. The number of carbonyl (C=O) groups excluding carboxylic acids is 4. The molecule has 2 aliphatic heterocycles. The highest BCUT2D eigenvalue weighted by Gasteiger charge is 2.76. The van der Waals surface area contributed by atoms with E-state index in [1.807, 2.05) is 6.08 Å². The number of methoxy groups -OCH3 is 1. The number of phenolic OH excluding ortho intramolecular Hbond substituents is 1. The quantitative estimate of drug-likeness (QED) is 0.226. The fourth-order valence-corrected chi connectivity index (χ4v) is 9.18. The first-order valence-corrected chi connectivity index (χ1v) is 15.2. The molecule has 1 aromatic carbocycles. The Morgan fingerprint density at radius 3 is 2.44 bits per heavy atom. The zero-order valence-corrected chi connectivity index (χ0v) is 24.5. The fraction of sp³-hybridized carbons (Fsp3) is 0.571. The number of halogens is 3. The molecule has 0 bridgehead atoms. The molecular weight excluding hydrogens is 611 g/mol. The minimum Gasteiger partial charge on any atom is -0.508 e. The van der Waals surface area contributed by atoms with Gasteiger partial charge in [0.2, 0.25) is 11.8 Å². The molecular formula is C28H29BrCl2N2O6. The van der Waals surface area contributed by atoms with Crippen LogP contribution in [0.4, 0.5) is 0 Å². The molecule has 6 rings (SSSR count). The lowest BCUT2D eigenvalue weighted by Gasteiger charge is -2.51. The van der Waals surface area contributed by atoms with Gasteiger partial charge in [0.05, 0.1) is 24.4 Å². The number of benzene rings is 1. The zero-order chi connectivity index (χ0) is 27.9. The number of imide groups is 2. The number of nitrogens with zero attached hydrogens (tertiary/aromatic N) is 2. The van der Waals surface area contributed by atoms with Gasteiger partial charge in [-0.15, -0.1) is 23.2 Å². The Kier molecular flexibility index (Phi) is 6.59. The summed E-state index contributed by atoms with van der Waals surface area (Å²) >= 11 is 17.7. The molecule has 8 nitrogen and oxygen atoms in total. The molecule has 1 aromatic rings. The van der Waals surface area contributed by atoms with Gasteiger partial charge >= 0.3 is 0 Å². The van der Waals surface area contributed by atoms with Crippen LogP contribution in [-0.2, 0) is 19.2 Å². The second-order valence-electron chi connectivity index (χ2n) is 11.3. The Morgan fingerprint density at radius 1 is 1.05 bits per heavy atom. The summed E-state index contributed by atoms with van der Waals surface area (Å²) < 4.78 is 5.58. The minimum absolute atomic E-state index is 0.0444. The van der Waals surface area contributed by atoms with Gasteiger partial charge < -0.3 is 9.84 Å². The van der Waals surface area contributed by atoms with E-state index in [-0.39, 0.29) is 41.2 Å². The van der Waals surface area contributed by atoms with E-state index >= 15 is 0 Å². The van der Waals surface area contributed by atoms with Crippen LogP contribution in [-0.4, -0.2) is 66.9 Å². The van der Waals surface area contributed by atoms with Gasteiger partial charge in [0, 0.05) is 23.6 Å². The fourth-order valence-electron chi connectivity index (χ4n) is 7.76. The highest BCUT2D eigenvalue weighted by molar-refractivity contribution is 9.09. The number of hydrogen-bond donors (Lipinski definition) is 1. The van der Waals surface area contributed by atoms with E-state index in [2.05, 4.69) is 15.9 Å². The van der Waals surface area contributed by atoms with Crippen LogP contribution in [0.15, 0.2) is 29.8 Å². The van der Waals surface area contributed by atoms with E-state index < -0.39 is 45.2 Å². The molecule has 2 heterocycles. The first-order valence-electron chi connectivity index (χ1n) is 13.3. The highest BCUT2D eigenvalue weighted by atomic mass is 79.9. The monoisotopic (exact) mass is 638 g/mol. The van der Waals surface area contributed by atoms with E-state index in [0.717, 1.165) is 37.0 Å². The predicted molar refractivity (Wildman–Crippen MR) is 147 cm³/mol. The van der Waals surface area contributed by atoms with Crippen molar-refractivity contribution in [1.29, 1.82) is 0 Å². The highest BCUT2D eigenvalue weighted by Crippen LogP contribution is 2.66. The SMILES string of the molecule is COc1cc(O)ccc1C1C2=CCC3C(=O)N(C4CCCCC4)C(=O)C3C2CC2(Cl)C(=O)N(CBr)C(=O)C12Cl. The van der Waals surface area contributed by atoms with Crippen molar-refractivity contribution < 1.29 is 29.0 Å². The Balaban J connectivity index is 1.52. The van der Waals surface area contributed by atoms with E-state index in [1.54, 1.807) is 6.07 Å². The van der Waals surface area contributed by atoms with Crippen LogP contribution in [0, 0.1) is 17.8 Å². The molecule has 0 aromatic heterocycles. The standard InChI is InChI=1S/C28H29BrCl2N2O6/c1-39-20-11-15(34)7-8-17(20)22-16-9-10-18-21(24(36)33(23(18)35)14-5-3-2-4-6-14)19(16)12-27(30)25(37)32(13-29)26(38)28(22,27)31/h7-9,11,14,18-19,21-22,34H,2-6,10,12-13H2,1H3. The molecule has 2 saturated heterocycles. The number of amides is 4. The number of alkyl halides is 3. The summed E-state index contributed by atoms with van der Waals surface area (Å²) in [6, 6.07) is 4.38. The van der Waals surface area contributed by atoms with E-state index in [4.69, 9.17) is 27.9 Å². The van der Waals surface area contributed by atoms with E-state index in [1.165, 1.54) is 24.1 Å². The molecule has 1 N–H and O–H groups in total. The number of fused-ring (bicyclic) bond motifs is 4. The van der Waals surface area contributed by atoms with E-state index in [9.17, 15) is 24.3 Å². The van der Waals surface area contributed by atoms with Crippen LogP contribution in [0.3, 0.4) is 0 Å². The van der Waals surface area contributed by atoms with Crippen LogP contribution >= 0.6 is 39.1 Å². The number of phenols is 1. The Hall–Kier alpha value is -2.10. The van der Waals surface area contributed by atoms with Gasteiger partial charge in [-0.05, 0) is 37.7 Å². The molecule has 208 valence electrons. The smallest absolute Gasteiger partial charge is 0.254 e. The van der Waals surface area contributed by atoms with Gasteiger partial charge in [-0.1, -0.05) is 52.9 Å². The van der Waals surface area contributed by atoms with Crippen molar-refractivity contribution in [3.63, 3.8) is 0 Å². The zero-order valence-electron chi connectivity index (χ0n) is 21.4. The largest absolute Gasteiger partial charge is 0.508 e. The summed E-state index contributed by atoms with van der Waals surface area (Å²) in [7, 11) is 1.44. The maximum absolute atomic E-state index is 14.0. The average Bonchev–Trinajstić information content (AvgIpc) is 3.27. The van der Waals surface area contributed by atoms with Crippen molar-refractivity contribution in [2.75, 3.05) is 12.6 Å².